The maximum Gasteiger partial charge on any atom is 0.0827 e. The largest absolute Gasteiger partial charge is 0.228 e. The highest BCUT2D eigenvalue weighted by atomic mass is 127. The van der Waals surface area contributed by atoms with Crippen LogP contribution in [0, 0.1) is 0 Å². The standard InChI is InChI=1S/C6H12IN/c1-2-3-4-5-6-8-7/h6H,2-5H2,1H3/b8-6+. The Labute approximate surface area is 65.1 Å². The van der Waals surface area contributed by atoms with E-state index in [1.165, 1.54) is 19.3 Å². The molecule has 0 saturated heterocycles. The number of nitrogens with zero attached hydrogens (tertiary/aromatic N) is 1. The molecule has 0 saturated carbocycles. The van der Waals surface area contributed by atoms with Crippen molar-refractivity contribution in [2.75, 3.05) is 0 Å². The minimum Gasteiger partial charge on any atom is -0.228 e. The Kier molecular flexibility index (Phi) is 7.77. The van der Waals surface area contributed by atoms with Crippen LogP contribution in [-0.2, 0) is 0 Å². The van der Waals surface area contributed by atoms with Crippen molar-refractivity contribution in [2.24, 2.45) is 3.21 Å². The van der Waals surface area contributed by atoms with Crippen LogP contribution in [0.2, 0.25) is 0 Å². The van der Waals surface area contributed by atoms with E-state index in [0.29, 0.717) is 0 Å². The van der Waals surface area contributed by atoms with Gasteiger partial charge in [0.05, 0.1) is 22.9 Å². The van der Waals surface area contributed by atoms with Gasteiger partial charge in [-0.3, -0.25) is 0 Å². The van der Waals surface area contributed by atoms with Crippen LogP contribution in [0.15, 0.2) is 3.21 Å². The lowest BCUT2D eigenvalue weighted by Crippen LogP contribution is -1.74. The summed E-state index contributed by atoms with van der Waals surface area (Å²) in [5.41, 5.74) is 0. The third kappa shape index (κ3) is 6.40. The summed E-state index contributed by atoms with van der Waals surface area (Å²) in [4.78, 5) is 0. The summed E-state index contributed by atoms with van der Waals surface area (Å²) in [6.07, 6.45) is 7.05. The molecule has 48 valence electrons. The van der Waals surface area contributed by atoms with Gasteiger partial charge in [0.15, 0.2) is 0 Å². The van der Waals surface area contributed by atoms with Gasteiger partial charge in [-0.05, 0) is 12.8 Å². The Balaban J connectivity index is 2.72. The first-order valence-electron chi connectivity index (χ1n) is 3.04. The summed E-state index contributed by atoms with van der Waals surface area (Å²) >= 11 is 2.01. The Bertz CT molecular complexity index is 61.5. The number of unbranched alkanes of at least 4 members (excludes halogenated alkanes) is 3. The molecule has 0 unspecified atom stereocenters. The fourth-order valence-corrected chi connectivity index (χ4v) is 0.813. The molecular formula is C6H12IN. The van der Waals surface area contributed by atoms with Crippen molar-refractivity contribution < 1.29 is 0 Å². The van der Waals surface area contributed by atoms with E-state index in [1.54, 1.807) is 0 Å². The van der Waals surface area contributed by atoms with Gasteiger partial charge in [0, 0.05) is 6.21 Å². The predicted molar refractivity (Wildman–Crippen MR) is 46.7 cm³/mol. The third-order valence-corrected chi connectivity index (χ3v) is 1.40. The Morgan fingerprint density at radius 3 is 2.75 bits per heavy atom. The summed E-state index contributed by atoms with van der Waals surface area (Å²) in [6.45, 7) is 2.21. The first-order valence-corrected chi connectivity index (χ1v) is 4.01. The van der Waals surface area contributed by atoms with Crippen LogP contribution in [-0.4, -0.2) is 6.21 Å². The van der Waals surface area contributed by atoms with Gasteiger partial charge < -0.3 is 0 Å². The Morgan fingerprint density at radius 2 is 2.25 bits per heavy atom. The fourth-order valence-electron chi connectivity index (χ4n) is 0.534. The highest BCUT2D eigenvalue weighted by molar-refractivity contribution is 14.1. The van der Waals surface area contributed by atoms with Crippen molar-refractivity contribution in [3.63, 3.8) is 0 Å². The quantitative estimate of drug-likeness (QED) is 0.396. The third-order valence-electron chi connectivity index (χ3n) is 1.01. The Hall–Kier alpha value is 0.400. The van der Waals surface area contributed by atoms with E-state index in [-0.39, 0.29) is 0 Å². The molecule has 0 aromatic rings. The SMILES string of the molecule is CCCCC/C=N/I. The van der Waals surface area contributed by atoms with Crippen LogP contribution in [0.4, 0.5) is 0 Å². The second kappa shape index (κ2) is 7.40. The van der Waals surface area contributed by atoms with E-state index in [9.17, 15) is 0 Å². The topological polar surface area (TPSA) is 12.4 Å². The van der Waals surface area contributed by atoms with Gasteiger partial charge in [-0.1, -0.05) is 19.8 Å². The zero-order chi connectivity index (χ0) is 6.24. The Morgan fingerprint density at radius 1 is 1.50 bits per heavy atom. The molecule has 8 heavy (non-hydrogen) atoms. The van der Waals surface area contributed by atoms with Crippen LogP contribution >= 0.6 is 22.9 Å². The molecule has 0 bridgehead atoms. The zero-order valence-corrected chi connectivity index (χ0v) is 7.39. The van der Waals surface area contributed by atoms with E-state index in [0.717, 1.165) is 6.42 Å². The van der Waals surface area contributed by atoms with E-state index in [1.807, 2.05) is 29.1 Å². The van der Waals surface area contributed by atoms with Gasteiger partial charge in [-0.25, -0.2) is 3.21 Å². The van der Waals surface area contributed by atoms with E-state index >= 15 is 0 Å². The molecule has 0 heterocycles. The summed E-state index contributed by atoms with van der Waals surface area (Å²) in [7, 11) is 0. The van der Waals surface area contributed by atoms with Crippen molar-refractivity contribution in [3.8, 4) is 0 Å². The van der Waals surface area contributed by atoms with Crippen LogP contribution in [0.5, 0.6) is 0 Å². The lowest BCUT2D eigenvalue weighted by molar-refractivity contribution is 0.747. The lowest BCUT2D eigenvalue weighted by atomic mass is 10.2. The van der Waals surface area contributed by atoms with Gasteiger partial charge >= 0.3 is 0 Å². The fraction of sp³-hybridized carbons (Fsp3) is 0.833. The second-order valence-electron chi connectivity index (χ2n) is 1.78. The zero-order valence-electron chi connectivity index (χ0n) is 5.23. The second-order valence-corrected chi connectivity index (χ2v) is 2.33. The van der Waals surface area contributed by atoms with Crippen molar-refractivity contribution in [3.05, 3.63) is 0 Å². The maximum absolute atomic E-state index is 3.85. The summed E-state index contributed by atoms with van der Waals surface area (Å²) in [5, 5.41) is 0. The van der Waals surface area contributed by atoms with Gasteiger partial charge in [0.2, 0.25) is 0 Å². The molecule has 0 fully saturated rings. The molecule has 0 radical (unpaired) electrons. The first kappa shape index (κ1) is 8.40. The van der Waals surface area contributed by atoms with Crippen molar-refractivity contribution in [1.29, 1.82) is 0 Å². The molecule has 0 atom stereocenters. The summed E-state index contributed by atoms with van der Waals surface area (Å²) in [6, 6.07) is 0. The number of hydrogen-bond acceptors (Lipinski definition) is 1. The maximum atomic E-state index is 3.85. The molecule has 0 aliphatic carbocycles. The molecule has 0 aromatic carbocycles. The van der Waals surface area contributed by atoms with Gasteiger partial charge in [-0.15, -0.1) is 0 Å². The van der Waals surface area contributed by atoms with Gasteiger partial charge in [-0.2, -0.15) is 0 Å². The molecule has 0 spiro atoms. The lowest BCUT2D eigenvalue weighted by Gasteiger charge is -1.87. The summed E-state index contributed by atoms with van der Waals surface area (Å²) < 4.78 is 3.85. The van der Waals surface area contributed by atoms with Crippen molar-refractivity contribution in [1.82, 2.24) is 0 Å². The minimum absolute atomic E-state index is 1.15. The summed E-state index contributed by atoms with van der Waals surface area (Å²) in [5.74, 6) is 0. The first-order chi connectivity index (χ1) is 3.91. The van der Waals surface area contributed by atoms with E-state index < -0.39 is 0 Å². The number of hydrogen-bond donors (Lipinski definition) is 0. The van der Waals surface area contributed by atoms with E-state index in [2.05, 4.69) is 10.1 Å². The average Bonchev–Trinajstić information content (AvgIpc) is 1.81. The van der Waals surface area contributed by atoms with Gasteiger partial charge in [0.25, 0.3) is 0 Å². The minimum atomic E-state index is 1.15. The molecule has 0 aliphatic heterocycles. The molecule has 0 amide bonds. The molecular weight excluding hydrogens is 213 g/mol. The van der Waals surface area contributed by atoms with E-state index in [4.69, 9.17) is 0 Å². The highest BCUT2D eigenvalue weighted by Gasteiger charge is 1.79. The molecule has 2 heteroatoms. The monoisotopic (exact) mass is 225 g/mol. The molecule has 0 N–H and O–H groups in total. The van der Waals surface area contributed by atoms with Crippen LogP contribution in [0.1, 0.15) is 32.6 Å². The van der Waals surface area contributed by atoms with Crippen LogP contribution in [0.25, 0.3) is 0 Å². The normalized spacial score (nSPS) is 10.8. The molecule has 1 nitrogen and oxygen atoms in total. The average molecular weight is 225 g/mol. The smallest absolute Gasteiger partial charge is 0.0827 e. The molecule has 0 aliphatic rings. The van der Waals surface area contributed by atoms with Gasteiger partial charge in [0.1, 0.15) is 0 Å². The number of halogens is 1. The predicted octanol–water partition coefficient (Wildman–Crippen LogP) is 2.99. The molecule has 0 aromatic heterocycles. The number of rotatable bonds is 4. The molecule has 0 rings (SSSR count). The van der Waals surface area contributed by atoms with Crippen LogP contribution < -0.4 is 0 Å². The highest BCUT2D eigenvalue weighted by Crippen LogP contribution is 1.96. The van der Waals surface area contributed by atoms with Crippen molar-refractivity contribution in [2.45, 2.75) is 32.6 Å². The van der Waals surface area contributed by atoms with Crippen LogP contribution in [0.3, 0.4) is 0 Å². The van der Waals surface area contributed by atoms with Crippen molar-refractivity contribution >= 4 is 29.1 Å².